The van der Waals surface area contributed by atoms with Crippen LogP contribution in [0.1, 0.15) is 58.6 Å². The molecule has 0 N–H and O–H groups in total. The van der Waals surface area contributed by atoms with Crippen molar-refractivity contribution in [1.29, 1.82) is 0 Å². The molecule has 0 spiro atoms. The Labute approximate surface area is 243 Å². The van der Waals surface area contributed by atoms with E-state index in [4.69, 9.17) is 9.97 Å². The second kappa shape index (κ2) is 11.2. The van der Waals surface area contributed by atoms with Crippen molar-refractivity contribution in [3.63, 3.8) is 0 Å². The monoisotopic (exact) mass is 602 g/mol. The van der Waals surface area contributed by atoms with Gasteiger partial charge in [0.15, 0.2) is 0 Å². The molecule has 0 radical (unpaired) electrons. The van der Waals surface area contributed by atoms with Crippen LogP contribution in [-0.2, 0) is 42.3 Å². The topological polar surface area (TPSA) is 25.8 Å². The Balaban J connectivity index is 0.00000160. The molecule has 0 aliphatic heterocycles. The first kappa shape index (κ1) is 27.7. The van der Waals surface area contributed by atoms with Crippen molar-refractivity contribution >= 4 is 37.0 Å². The number of allylic oxidation sites excluding steroid dienone is 2. The zero-order valence-corrected chi connectivity index (χ0v) is 25.1. The second-order valence-corrected chi connectivity index (χ2v) is 13.8. The summed E-state index contributed by atoms with van der Waals surface area (Å²) in [6.45, 7) is 4.50. The van der Waals surface area contributed by atoms with Gasteiger partial charge in [-0.25, -0.2) is 0 Å². The maximum absolute atomic E-state index is 4.99. The minimum atomic E-state index is -1.42. The summed E-state index contributed by atoms with van der Waals surface area (Å²) in [5.74, 6) is 0. The van der Waals surface area contributed by atoms with Crippen LogP contribution in [0.4, 0.5) is 0 Å². The average Bonchev–Trinajstić information content (AvgIpc) is 3.50. The second-order valence-electron chi connectivity index (χ2n) is 9.30. The Morgan fingerprint density at radius 2 is 1.05 bits per heavy atom. The van der Waals surface area contributed by atoms with Gasteiger partial charge in [0.1, 0.15) is 0 Å². The molecule has 37 heavy (non-hydrogen) atoms. The normalized spacial score (nSPS) is 20.5. The molecule has 186 valence electrons. The van der Waals surface area contributed by atoms with Gasteiger partial charge in [-0.05, 0) is 0 Å². The molecule has 6 rings (SSSR count). The van der Waals surface area contributed by atoms with Gasteiger partial charge in [0, 0.05) is 0 Å². The number of pyridine rings is 2. The zero-order chi connectivity index (χ0) is 23.9. The molecule has 0 amide bonds. The number of fused-ring (bicyclic) bond motifs is 2. The molecule has 4 aromatic rings. The molecule has 2 aromatic heterocycles. The number of nitrogens with zero attached hydrogens (tertiary/aromatic N) is 2. The summed E-state index contributed by atoms with van der Waals surface area (Å²) in [7, 11) is 0. The molecule has 2 aliphatic rings. The summed E-state index contributed by atoms with van der Waals surface area (Å²) >= 11 is -1.42. The zero-order valence-electron chi connectivity index (χ0n) is 21.0. The van der Waals surface area contributed by atoms with E-state index < -0.39 is 23.2 Å². The smallest absolute Gasteiger partial charge is 0.147 e. The molecule has 2 unspecified atom stereocenters. The van der Waals surface area contributed by atoms with E-state index in [1.54, 1.807) is 0 Å². The van der Waals surface area contributed by atoms with Gasteiger partial charge in [0.2, 0.25) is 0 Å². The quantitative estimate of drug-likeness (QED) is 0.225. The molecule has 0 saturated heterocycles. The Hall–Kier alpha value is -2.32. The van der Waals surface area contributed by atoms with E-state index in [1.165, 1.54) is 44.8 Å². The Morgan fingerprint density at radius 3 is 1.43 bits per heavy atom. The molecular weight excluding hydrogens is 574 g/mol. The number of aryl methyl sites for hydroxylation is 2. The van der Waals surface area contributed by atoms with Gasteiger partial charge < -0.3 is 0 Å². The summed E-state index contributed by atoms with van der Waals surface area (Å²) < 4.78 is -0.367. The first-order valence-corrected chi connectivity index (χ1v) is 14.9. The number of halogens is 2. The average molecular weight is 605 g/mol. The molecule has 0 bridgehead atoms. The third-order valence-corrected chi connectivity index (χ3v) is 12.9. The summed E-state index contributed by atoms with van der Waals surface area (Å²) in [5.41, 5.74) is 10.8. The van der Waals surface area contributed by atoms with E-state index in [9.17, 15) is 0 Å². The van der Waals surface area contributed by atoms with E-state index in [0.29, 0.717) is 0 Å². The van der Waals surface area contributed by atoms with Crippen LogP contribution in [0.2, 0.25) is 0 Å². The van der Waals surface area contributed by atoms with E-state index in [0.717, 1.165) is 12.8 Å². The van der Waals surface area contributed by atoms with Crippen LogP contribution in [0.3, 0.4) is 0 Å². The van der Waals surface area contributed by atoms with Crippen LogP contribution >= 0.6 is 24.8 Å². The molecule has 2 aromatic carbocycles. The minimum absolute atomic E-state index is 0. The first-order valence-electron chi connectivity index (χ1n) is 12.5. The minimum Gasteiger partial charge on any atom is -0.147 e. The molecular formula is C32H30Cl2N2Zr. The molecule has 2 aliphatic carbocycles. The summed E-state index contributed by atoms with van der Waals surface area (Å²) in [6, 6.07) is 26.5. The predicted octanol–water partition coefficient (Wildman–Crippen LogP) is 7.77. The third kappa shape index (κ3) is 4.40. The van der Waals surface area contributed by atoms with E-state index in [2.05, 4.69) is 98.8 Å². The van der Waals surface area contributed by atoms with Gasteiger partial charge in [0.25, 0.3) is 0 Å². The predicted molar refractivity (Wildman–Crippen MR) is 154 cm³/mol. The van der Waals surface area contributed by atoms with Crippen molar-refractivity contribution in [2.45, 2.75) is 32.9 Å². The van der Waals surface area contributed by atoms with Crippen molar-refractivity contribution in [3.05, 3.63) is 142 Å². The van der Waals surface area contributed by atoms with Crippen LogP contribution in [-0.4, -0.2) is 9.97 Å². The summed E-state index contributed by atoms with van der Waals surface area (Å²) in [6.07, 6.45) is 15.7. The van der Waals surface area contributed by atoms with Crippen LogP contribution < -0.4 is 0 Å². The summed E-state index contributed by atoms with van der Waals surface area (Å²) in [4.78, 5) is 9.98. The van der Waals surface area contributed by atoms with E-state index in [1.807, 2.05) is 24.5 Å². The van der Waals surface area contributed by atoms with E-state index >= 15 is 0 Å². The van der Waals surface area contributed by atoms with E-state index in [-0.39, 0.29) is 31.1 Å². The Morgan fingerprint density at radius 1 is 0.595 bits per heavy atom. The van der Waals surface area contributed by atoms with Gasteiger partial charge in [0.05, 0.1) is 0 Å². The van der Waals surface area contributed by atoms with Crippen molar-refractivity contribution < 1.29 is 23.2 Å². The Bertz CT molecular complexity index is 1340. The van der Waals surface area contributed by atoms with Crippen molar-refractivity contribution in [2.24, 2.45) is 0 Å². The van der Waals surface area contributed by atoms with Crippen LogP contribution in [0.5, 0.6) is 0 Å². The van der Waals surface area contributed by atoms with Gasteiger partial charge in [-0.2, -0.15) is 0 Å². The molecule has 5 heteroatoms. The molecule has 2 atom stereocenters. The fourth-order valence-corrected chi connectivity index (χ4v) is 11.3. The number of benzene rings is 2. The largest absolute Gasteiger partial charge is 0.147 e. The molecule has 2 nitrogen and oxygen atoms in total. The summed E-state index contributed by atoms with van der Waals surface area (Å²) in [5, 5.41) is 0. The molecule has 2 heterocycles. The van der Waals surface area contributed by atoms with Gasteiger partial charge in [-0.3, -0.25) is 0 Å². The van der Waals surface area contributed by atoms with Gasteiger partial charge >= 0.3 is 220 Å². The SMILES string of the molecule is CCc1cccc2c1C=C[C]2([Zr][C]1(c2ccccn2)C=Cc2c(CC)cccc21)c1ccccn1.Cl.Cl. The maximum Gasteiger partial charge on any atom is -0.147 e. The fourth-order valence-electron chi connectivity index (χ4n) is 5.82. The molecule has 0 saturated carbocycles. The fraction of sp³-hybridized carbons (Fsp3) is 0.188. The number of hydrogen-bond acceptors (Lipinski definition) is 2. The van der Waals surface area contributed by atoms with Crippen LogP contribution in [0, 0.1) is 0 Å². The molecule has 0 fully saturated rings. The van der Waals surface area contributed by atoms with Crippen molar-refractivity contribution in [3.8, 4) is 0 Å². The van der Waals surface area contributed by atoms with Crippen molar-refractivity contribution in [2.75, 3.05) is 0 Å². The number of hydrogen-bond donors (Lipinski definition) is 0. The van der Waals surface area contributed by atoms with Crippen molar-refractivity contribution in [1.82, 2.24) is 9.97 Å². The maximum atomic E-state index is 4.99. The Kier molecular flexibility index (Phi) is 8.39. The number of aromatic nitrogens is 2. The van der Waals surface area contributed by atoms with Gasteiger partial charge in [-0.15, -0.1) is 24.8 Å². The van der Waals surface area contributed by atoms with Crippen LogP contribution in [0.25, 0.3) is 12.2 Å². The van der Waals surface area contributed by atoms with Gasteiger partial charge in [-0.1, -0.05) is 0 Å². The third-order valence-electron chi connectivity index (χ3n) is 7.54. The van der Waals surface area contributed by atoms with Crippen LogP contribution in [0.15, 0.2) is 97.3 Å². The standard InChI is InChI=1S/2C16H14N.2ClH.Zr/c2*1-2-12-6-5-7-14-13(12)9-10-15(14)16-8-3-4-11-17-16;;;/h2*3-11H,2H2,1H3;2*1H;. The first-order chi connectivity index (χ1) is 17.2. The number of rotatable bonds is 6.